The number of nitrogens with one attached hydrogen (secondary N) is 2. The number of carbonyl (C=O) groups is 1. The number of carbonyl (C=O) groups excluding carboxylic acids is 1. The molecule has 2 N–H and O–H groups in total. The monoisotopic (exact) mass is 612 g/mol. The Morgan fingerprint density at radius 2 is 1.89 bits per heavy atom. The Hall–Kier alpha value is -4.21. The van der Waals surface area contributed by atoms with Gasteiger partial charge in [-0.25, -0.2) is 9.97 Å². The molecule has 45 heavy (non-hydrogen) atoms. The first-order valence-electron chi connectivity index (χ1n) is 16.1. The number of hydrogen-bond acceptors (Lipinski definition) is 10. The van der Waals surface area contributed by atoms with Crippen molar-refractivity contribution in [1.82, 2.24) is 34.6 Å². The van der Waals surface area contributed by atoms with E-state index in [0.717, 1.165) is 75.5 Å². The van der Waals surface area contributed by atoms with E-state index in [2.05, 4.69) is 69.2 Å². The highest BCUT2D eigenvalue weighted by Crippen LogP contribution is 2.42. The molecule has 1 saturated carbocycles. The lowest BCUT2D eigenvalue weighted by atomic mass is 9.89. The van der Waals surface area contributed by atoms with Crippen LogP contribution in [0.15, 0.2) is 30.7 Å². The van der Waals surface area contributed by atoms with Gasteiger partial charge in [0.25, 0.3) is 5.91 Å². The van der Waals surface area contributed by atoms with Gasteiger partial charge in [-0.2, -0.15) is 10.2 Å². The second-order valence-electron chi connectivity index (χ2n) is 12.6. The van der Waals surface area contributed by atoms with Crippen LogP contribution in [0.2, 0.25) is 0 Å². The van der Waals surface area contributed by atoms with Crippen LogP contribution in [0, 0.1) is 11.3 Å². The van der Waals surface area contributed by atoms with Gasteiger partial charge >= 0.3 is 0 Å². The lowest BCUT2D eigenvalue weighted by molar-refractivity contribution is 0.0790. The fourth-order valence-corrected chi connectivity index (χ4v) is 7.11. The molecule has 1 unspecified atom stereocenters. The maximum atomic E-state index is 13.3. The van der Waals surface area contributed by atoms with Crippen LogP contribution in [0.3, 0.4) is 0 Å². The SMILES string of the molecule is CCC1c2c(C#N)ncn2-c2cnc(Nc3ccc(C(=O)NC4CCC(N5CCN(C)CC5)CC4)cc3OC)nc2N1C(C)C. The number of amides is 1. The second-order valence-corrected chi connectivity index (χ2v) is 12.6. The number of rotatable bonds is 8. The van der Waals surface area contributed by atoms with Crippen LogP contribution in [0.1, 0.15) is 80.7 Å². The molecule has 4 heterocycles. The largest absolute Gasteiger partial charge is 0.495 e. The quantitative estimate of drug-likeness (QED) is 0.381. The number of aromatic nitrogens is 4. The molecule has 2 fully saturated rings. The molecule has 1 atom stereocenters. The van der Waals surface area contributed by atoms with Crippen molar-refractivity contribution in [3.8, 4) is 17.5 Å². The number of methoxy groups -OCH3 is 1. The highest BCUT2D eigenvalue weighted by molar-refractivity contribution is 5.95. The van der Waals surface area contributed by atoms with E-state index in [1.807, 2.05) is 16.7 Å². The van der Waals surface area contributed by atoms with E-state index >= 15 is 0 Å². The summed E-state index contributed by atoms with van der Waals surface area (Å²) in [6.45, 7) is 10.9. The van der Waals surface area contributed by atoms with Crippen molar-refractivity contribution in [1.29, 1.82) is 5.26 Å². The summed E-state index contributed by atoms with van der Waals surface area (Å²) in [6, 6.07) is 8.54. The molecule has 0 radical (unpaired) electrons. The molecule has 6 rings (SSSR count). The smallest absolute Gasteiger partial charge is 0.251 e. The first-order valence-corrected chi connectivity index (χ1v) is 16.1. The fraction of sp³-hybridized carbons (Fsp3) is 0.545. The van der Waals surface area contributed by atoms with Crippen LogP contribution >= 0.6 is 0 Å². The van der Waals surface area contributed by atoms with E-state index in [1.54, 1.807) is 25.7 Å². The van der Waals surface area contributed by atoms with Gasteiger partial charge < -0.3 is 25.2 Å². The van der Waals surface area contributed by atoms with Gasteiger partial charge in [-0.1, -0.05) is 6.92 Å². The summed E-state index contributed by atoms with van der Waals surface area (Å²) in [6.07, 6.45) is 8.47. The van der Waals surface area contributed by atoms with Crippen LogP contribution in [0.25, 0.3) is 5.69 Å². The Kier molecular flexibility index (Phi) is 8.92. The summed E-state index contributed by atoms with van der Waals surface area (Å²) < 4.78 is 7.62. The zero-order valence-corrected chi connectivity index (χ0v) is 27.0. The van der Waals surface area contributed by atoms with Crippen LogP contribution < -0.4 is 20.3 Å². The number of ether oxygens (including phenoxy) is 1. The van der Waals surface area contributed by atoms with E-state index in [0.29, 0.717) is 34.7 Å². The van der Waals surface area contributed by atoms with Crippen LogP contribution in [-0.2, 0) is 0 Å². The molecule has 2 aliphatic heterocycles. The van der Waals surface area contributed by atoms with Crippen molar-refractivity contribution in [2.24, 2.45) is 0 Å². The molecule has 0 spiro atoms. The van der Waals surface area contributed by atoms with E-state index in [1.165, 1.54) is 0 Å². The van der Waals surface area contributed by atoms with Crippen LogP contribution in [0.4, 0.5) is 17.5 Å². The topological polar surface area (TPSA) is 127 Å². The molecule has 2 aromatic heterocycles. The third-order valence-corrected chi connectivity index (χ3v) is 9.56. The van der Waals surface area contributed by atoms with Crippen molar-refractivity contribution in [3.05, 3.63) is 47.7 Å². The minimum absolute atomic E-state index is 0.0495. The van der Waals surface area contributed by atoms with Crippen LogP contribution in [-0.4, -0.2) is 93.7 Å². The standard InChI is InChI=1S/C33H44N10O2/c1-6-27-30-26(18-34)36-20-42(30)28-19-35-33(39-31(28)43(27)21(2)3)38-25-12-7-22(17-29(25)45-5)32(44)37-23-8-10-24(11-9-23)41-15-13-40(4)14-16-41/h7,12,17,19-21,23-24,27H,6,8-11,13-16H2,1-5H3,(H,37,44)(H,35,38,39). The number of hydrogen-bond donors (Lipinski definition) is 2. The third-order valence-electron chi connectivity index (χ3n) is 9.56. The molecule has 1 aliphatic carbocycles. The van der Waals surface area contributed by atoms with Crippen LogP contribution in [0.5, 0.6) is 5.75 Å². The van der Waals surface area contributed by atoms with Gasteiger partial charge in [0.05, 0.1) is 30.7 Å². The maximum absolute atomic E-state index is 13.3. The van der Waals surface area contributed by atoms with Crippen molar-refractivity contribution >= 4 is 23.4 Å². The average Bonchev–Trinajstić information content (AvgIpc) is 3.49. The number of fused-ring (bicyclic) bond motifs is 3. The molecule has 12 nitrogen and oxygen atoms in total. The summed E-state index contributed by atoms with van der Waals surface area (Å²) in [4.78, 5) is 34.4. The molecular formula is C33H44N10O2. The van der Waals surface area contributed by atoms with Gasteiger partial charge in [0, 0.05) is 49.9 Å². The molecule has 1 amide bonds. The highest BCUT2D eigenvalue weighted by Gasteiger charge is 2.36. The minimum atomic E-state index is -0.0843. The molecule has 1 saturated heterocycles. The van der Waals surface area contributed by atoms with Gasteiger partial charge in [-0.3, -0.25) is 14.3 Å². The Labute approximate surface area is 265 Å². The lowest BCUT2D eigenvalue weighted by Crippen LogP contribution is -2.51. The van der Waals surface area contributed by atoms with Gasteiger partial charge in [0.2, 0.25) is 5.95 Å². The number of nitrogens with zero attached hydrogens (tertiary/aromatic N) is 8. The molecule has 238 valence electrons. The van der Waals surface area contributed by atoms with E-state index in [9.17, 15) is 10.1 Å². The van der Waals surface area contributed by atoms with Gasteiger partial charge in [-0.05, 0) is 71.2 Å². The maximum Gasteiger partial charge on any atom is 0.251 e. The first-order chi connectivity index (χ1) is 21.8. The van der Waals surface area contributed by atoms with Gasteiger partial charge in [0.15, 0.2) is 11.5 Å². The number of nitriles is 1. The average molecular weight is 613 g/mol. The fourth-order valence-electron chi connectivity index (χ4n) is 7.11. The third kappa shape index (κ3) is 6.07. The van der Waals surface area contributed by atoms with E-state index in [-0.39, 0.29) is 24.0 Å². The Balaban J connectivity index is 1.15. The van der Waals surface area contributed by atoms with E-state index in [4.69, 9.17) is 9.72 Å². The number of piperazine rings is 1. The molecular weight excluding hydrogens is 568 g/mol. The van der Waals surface area contributed by atoms with Crippen molar-refractivity contribution in [2.75, 3.05) is 50.6 Å². The van der Waals surface area contributed by atoms with Gasteiger partial charge in [-0.15, -0.1) is 0 Å². The molecule has 0 bridgehead atoms. The number of imidazole rings is 1. The minimum Gasteiger partial charge on any atom is -0.495 e. The predicted octanol–water partition coefficient (Wildman–Crippen LogP) is 4.25. The Morgan fingerprint density at radius 3 is 2.56 bits per heavy atom. The lowest BCUT2D eigenvalue weighted by Gasteiger charge is -2.41. The van der Waals surface area contributed by atoms with Crippen molar-refractivity contribution < 1.29 is 9.53 Å². The van der Waals surface area contributed by atoms with E-state index < -0.39 is 0 Å². The summed E-state index contributed by atoms with van der Waals surface area (Å²) in [7, 11) is 3.78. The second kappa shape index (κ2) is 13.0. The van der Waals surface area contributed by atoms with Crippen molar-refractivity contribution in [3.63, 3.8) is 0 Å². The summed E-state index contributed by atoms with van der Waals surface area (Å²) in [5.74, 6) is 1.62. The van der Waals surface area contributed by atoms with Crippen molar-refractivity contribution in [2.45, 2.75) is 77.0 Å². The highest BCUT2D eigenvalue weighted by atomic mass is 16.5. The molecule has 1 aromatic carbocycles. The number of anilines is 3. The van der Waals surface area contributed by atoms with Gasteiger partial charge in [0.1, 0.15) is 23.8 Å². The summed E-state index contributed by atoms with van der Waals surface area (Å²) in [5.41, 5.74) is 3.29. The number of likely N-dealkylation sites (N-methyl/N-ethyl adjacent to an activating group) is 1. The normalized spacial score (nSPS) is 22.0. The summed E-state index contributed by atoms with van der Waals surface area (Å²) in [5, 5.41) is 16.3. The molecule has 3 aromatic rings. The summed E-state index contributed by atoms with van der Waals surface area (Å²) >= 11 is 0. The molecule has 12 heteroatoms. The Bertz CT molecular complexity index is 1560. The Morgan fingerprint density at radius 1 is 1.13 bits per heavy atom. The number of benzene rings is 1. The predicted molar refractivity (Wildman–Crippen MR) is 173 cm³/mol. The molecule has 3 aliphatic rings. The zero-order chi connectivity index (χ0) is 31.7. The first kappa shape index (κ1) is 30.8. The zero-order valence-electron chi connectivity index (χ0n) is 27.0.